The zero-order valence-electron chi connectivity index (χ0n) is 7.99. The van der Waals surface area contributed by atoms with Crippen molar-refractivity contribution in [1.29, 1.82) is 0 Å². The minimum atomic E-state index is 0.912. The summed E-state index contributed by atoms with van der Waals surface area (Å²) in [5, 5.41) is 2.88. The van der Waals surface area contributed by atoms with E-state index < -0.39 is 0 Å². The highest BCUT2D eigenvalue weighted by Gasteiger charge is 2.14. The van der Waals surface area contributed by atoms with Crippen LogP contribution in [-0.2, 0) is 7.05 Å². The Bertz CT molecular complexity index is 525. The molecule has 1 aliphatic rings. The Hall–Kier alpha value is -1.14. The number of rotatable bonds is 0. The summed E-state index contributed by atoms with van der Waals surface area (Å²) in [5.74, 6) is 0. The van der Waals surface area contributed by atoms with E-state index in [9.17, 15) is 0 Å². The average molecular weight is 202 g/mol. The van der Waals surface area contributed by atoms with Gasteiger partial charge in [0.2, 0.25) is 0 Å². The maximum absolute atomic E-state index is 4.18. The van der Waals surface area contributed by atoms with E-state index in [4.69, 9.17) is 0 Å². The molecule has 0 bridgehead atoms. The molecule has 0 aliphatic carbocycles. The van der Waals surface area contributed by atoms with Crippen molar-refractivity contribution in [3.63, 3.8) is 0 Å². The van der Waals surface area contributed by atoms with Gasteiger partial charge in [-0.1, -0.05) is 14.7 Å². The van der Waals surface area contributed by atoms with Gasteiger partial charge in [-0.05, 0) is 18.3 Å². The second-order valence-electron chi connectivity index (χ2n) is 3.50. The molecule has 0 saturated carbocycles. The Morgan fingerprint density at radius 1 is 1.50 bits per heavy atom. The molecule has 70 valence electrons. The molecule has 0 fully saturated rings. The third-order valence-corrected chi connectivity index (χ3v) is 4.04. The molecule has 3 rings (SSSR count). The fourth-order valence-electron chi connectivity index (χ4n) is 2.01. The van der Waals surface area contributed by atoms with Crippen molar-refractivity contribution in [1.82, 2.24) is 9.55 Å². The second kappa shape index (κ2) is 2.93. The van der Waals surface area contributed by atoms with Crippen LogP contribution >= 0.6 is 8.58 Å². The molecule has 1 unspecified atom stereocenters. The molecule has 3 heterocycles. The first-order valence-electron chi connectivity index (χ1n) is 4.71. The third kappa shape index (κ3) is 0.978. The summed E-state index contributed by atoms with van der Waals surface area (Å²) in [6.45, 7) is 0. The molecule has 14 heavy (non-hydrogen) atoms. The van der Waals surface area contributed by atoms with Crippen LogP contribution in [0.25, 0.3) is 17.0 Å². The van der Waals surface area contributed by atoms with Gasteiger partial charge in [0.05, 0.1) is 11.7 Å². The van der Waals surface area contributed by atoms with E-state index in [1.165, 1.54) is 28.1 Å². The lowest BCUT2D eigenvalue weighted by molar-refractivity contribution is 0.954. The van der Waals surface area contributed by atoms with Gasteiger partial charge in [-0.15, -0.1) is 0 Å². The van der Waals surface area contributed by atoms with Crippen LogP contribution in [0.3, 0.4) is 0 Å². The van der Waals surface area contributed by atoms with Gasteiger partial charge in [0, 0.05) is 29.6 Å². The van der Waals surface area contributed by atoms with Crippen molar-refractivity contribution in [3.8, 4) is 0 Å². The summed E-state index contributed by atoms with van der Waals surface area (Å²) in [4.78, 5) is 4.18. The van der Waals surface area contributed by atoms with E-state index in [2.05, 4.69) is 34.8 Å². The zero-order valence-corrected chi connectivity index (χ0v) is 8.99. The van der Waals surface area contributed by atoms with Gasteiger partial charge in [-0.3, -0.25) is 4.98 Å². The molecule has 0 N–H and O–H groups in total. The first-order chi connectivity index (χ1) is 6.88. The third-order valence-electron chi connectivity index (χ3n) is 2.72. The number of aryl methyl sites for hydroxylation is 1. The Kier molecular flexibility index (Phi) is 1.71. The van der Waals surface area contributed by atoms with E-state index in [-0.39, 0.29) is 0 Å². The van der Waals surface area contributed by atoms with Gasteiger partial charge in [0.15, 0.2) is 0 Å². The minimum absolute atomic E-state index is 0.912. The van der Waals surface area contributed by atoms with Crippen LogP contribution < -0.4 is 5.30 Å². The Balaban J connectivity index is 2.48. The zero-order chi connectivity index (χ0) is 9.54. The van der Waals surface area contributed by atoms with Crippen molar-refractivity contribution in [2.75, 3.05) is 6.16 Å². The van der Waals surface area contributed by atoms with Gasteiger partial charge in [-0.2, -0.15) is 0 Å². The first-order valence-corrected chi connectivity index (χ1v) is 5.91. The summed E-state index contributed by atoms with van der Waals surface area (Å²) in [7, 11) is 3.03. The number of hydrogen-bond donors (Lipinski definition) is 0. The topological polar surface area (TPSA) is 17.8 Å². The van der Waals surface area contributed by atoms with Gasteiger partial charge in [-0.25, -0.2) is 0 Å². The van der Waals surface area contributed by atoms with Crippen LogP contribution in [0.4, 0.5) is 0 Å². The van der Waals surface area contributed by atoms with E-state index in [0.717, 1.165) is 8.58 Å². The molecular formula is C11H11N2P. The van der Waals surface area contributed by atoms with Crippen LogP contribution in [0, 0.1) is 0 Å². The van der Waals surface area contributed by atoms with E-state index >= 15 is 0 Å². The van der Waals surface area contributed by atoms with Gasteiger partial charge in [0.25, 0.3) is 0 Å². The maximum atomic E-state index is 4.18. The van der Waals surface area contributed by atoms with E-state index in [1.807, 2.05) is 12.4 Å². The van der Waals surface area contributed by atoms with Gasteiger partial charge >= 0.3 is 0 Å². The molecule has 2 nitrogen and oxygen atoms in total. The largest absolute Gasteiger partial charge is 0.342 e. The number of fused-ring (bicyclic) bond motifs is 3. The minimum Gasteiger partial charge on any atom is -0.342 e. The van der Waals surface area contributed by atoms with Crippen molar-refractivity contribution >= 4 is 30.9 Å². The van der Waals surface area contributed by atoms with E-state index in [1.54, 1.807) is 0 Å². The maximum Gasteiger partial charge on any atom is 0.0675 e. The fraction of sp³-hybridized carbons (Fsp3) is 0.182. The normalized spacial score (nSPS) is 16.4. The van der Waals surface area contributed by atoms with Crippen LogP contribution in [0.1, 0.15) is 5.69 Å². The highest BCUT2D eigenvalue weighted by molar-refractivity contribution is 7.48. The van der Waals surface area contributed by atoms with Crippen LogP contribution in [0.2, 0.25) is 0 Å². The van der Waals surface area contributed by atoms with E-state index in [0.29, 0.717) is 0 Å². The quantitative estimate of drug-likeness (QED) is 0.596. The van der Waals surface area contributed by atoms with Crippen molar-refractivity contribution in [2.24, 2.45) is 7.05 Å². The van der Waals surface area contributed by atoms with Crippen molar-refractivity contribution in [3.05, 3.63) is 30.2 Å². The highest BCUT2D eigenvalue weighted by Crippen LogP contribution is 2.28. The first kappa shape index (κ1) is 8.19. The molecule has 2 aromatic heterocycles. The predicted octanol–water partition coefficient (Wildman–Crippen LogP) is 1.90. The Labute approximate surface area is 84.4 Å². The Morgan fingerprint density at radius 2 is 2.43 bits per heavy atom. The van der Waals surface area contributed by atoms with Gasteiger partial charge in [0.1, 0.15) is 0 Å². The number of pyridine rings is 1. The second-order valence-corrected chi connectivity index (χ2v) is 4.76. The smallest absolute Gasteiger partial charge is 0.0675 e. The molecule has 0 aromatic carbocycles. The van der Waals surface area contributed by atoms with Crippen LogP contribution in [0.5, 0.6) is 0 Å². The lowest BCUT2D eigenvalue weighted by Gasteiger charge is -2.06. The predicted molar refractivity (Wildman–Crippen MR) is 62.6 cm³/mol. The lowest BCUT2D eigenvalue weighted by Crippen LogP contribution is -2.04. The van der Waals surface area contributed by atoms with Crippen LogP contribution in [-0.4, -0.2) is 15.7 Å². The standard InChI is InChI=1S/C11H11N2P/c1-13-9-3-2-6-14-11(9)8-4-5-12-7-10(8)13/h2-5,7,14H,6H2,1H3. The summed E-state index contributed by atoms with van der Waals surface area (Å²) in [5.41, 5.74) is 2.61. The number of hydrogen-bond acceptors (Lipinski definition) is 1. The van der Waals surface area contributed by atoms with Gasteiger partial charge < -0.3 is 4.57 Å². The SMILES string of the molecule is Cn1c2c(c3ccncc31)PCC=C2. The number of aromatic nitrogens is 2. The molecular weight excluding hydrogens is 191 g/mol. The number of nitrogens with zero attached hydrogens (tertiary/aromatic N) is 2. The molecule has 1 atom stereocenters. The fourth-order valence-corrected chi connectivity index (χ4v) is 3.29. The molecule has 3 heteroatoms. The van der Waals surface area contributed by atoms with Crippen molar-refractivity contribution in [2.45, 2.75) is 0 Å². The molecule has 1 aliphatic heterocycles. The molecule has 0 amide bonds. The van der Waals surface area contributed by atoms with Crippen LogP contribution in [0.15, 0.2) is 24.5 Å². The molecule has 2 aromatic rings. The summed E-state index contributed by atoms with van der Waals surface area (Å²) in [6, 6.07) is 2.13. The van der Waals surface area contributed by atoms with Crippen molar-refractivity contribution < 1.29 is 0 Å². The average Bonchev–Trinajstić information content (AvgIpc) is 2.55. The lowest BCUT2D eigenvalue weighted by atomic mass is 10.3. The summed E-state index contributed by atoms with van der Waals surface area (Å²) in [6.07, 6.45) is 9.50. The molecule has 0 radical (unpaired) electrons. The molecule has 0 spiro atoms. The summed E-state index contributed by atoms with van der Waals surface area (Å²) < 4.78 is 2.24. The monoisotopic (exact) mass is 202 g/mol. The Morgan fingerprint density at radius 3 is 3.36 bits per heavy atom. The highest BCUT2D eigenvalue weighted by atomic mass is 31.1. The number of allylic oxidation sites excluding steroid dienone is 1. The molecule has 0 saturated heterocycles. The summed E-state index contributed by atoms with van der Waals surface area (Å²) >= 11 is 0.